The van der Waals surface area contributed by atoms with Crippen molar-refractivity contribution in [3.05, 3.63) is 29.8 Å². The Labute approximate surface area is 272 Å². The molecule has 1 aromatic carbocycles. The first-order chi connectivity index (χ1) is 21.5. The number of ether oxygens (including phenoxy) is 1. The monoisotopic (exact) mass is 646 g/mol. The fraction of sp³-hybridized carbons (Fsp3) is 0.636. The molecule has 2 atom stereocenters. The van der Waals surface area contributed by atoms with Gasteiger partial charge in [0.25, 0.3) is 0 Å². The summed E-state index contributed by atoms with van der Waals surface area (Å²) in [5.41, 5.74) is 5.73. The molecule has 13 nitrogen and oxygen atoms in total. The number of urea groups is 1. The second kappa shape index (κ2) is 20.1. The number of anilines is 1. The first kappa shape index (κ1) is 39.9. The van der Waals surface area contributed by atoms with Gasteiger partial charge in [-0.1, -0.05) is 39.8 Å². The molecular formula is C33H54N6O7. The molecule has 0 saturated carbocycles. The molecule has 1 rings (SSSR count). The van der Waals surface area contributed by atoms with E-state index in [-0.39, 0.29) is 55.6 Å². The summed E-state index contributed by atoms with van der Waals surface area (Å²) in [6.07, 6.45) is 2.35. The van der Waals surface area contributed by atoms with Crippen molar-refractivity contribution >= 4 is 41.3 Å². The number of rotatable bonds is 19. The summed E-state index contributed by atoms with van der Waals surface area (Å²) < 4.78 is 5.33. The Kier molecular flexibility index (Phi) is 17.4. The molecule has 46 heavy (non-hydrogen) atoms. The van der Waals surface area contributed by atoms with Crippen LogP contribution in [0.15, 0.2) is 24.3 Å². The Morgan fingerprint density at radius 1 is 0.804 bits per heavy atom. The maximum absolute atomic E-state index is 13.3. The molecule has 6 amide bonds. The number of unbranched alkanes of at least 4 members (excludes halogenated alkanes) is 1. The van der Waals surface area contributed by atoms with Gasteiger partial charge in [0.05, 0.1) is 5.41 Å². The summed E-state index contributed by atoms with van der Waals surface area (Å²) in [5.74, 6) is -1.63. The second-order valence-corrected chi connectivity index (χ2v) is 13.2. The highest BCUT2D eigenvalue weighted by molar-refractivity contribution is 5.98. The Hall–Kier alpha value is -4.16. The number of carbonyl (C=O) groups is 6. The zero-order valence-electron chi connectivity index (χ0n) is 28.4. The highest BCUT2D eigenvalue weighted by atomic mass is 16.5. The average molecular weight is 647 g/mol. The van der Waals surface area contributed by atoms with Crippen LogP contribution in [0.5, 0.6) is 0 Å². The molecule has 0 aliphatic carbocycles. The number of nitrogens with one attached hydrogen (secondary N) is 5. The molecule has 0 heterocycles. The van der Waals surface area contributed by atoms with Crippen molar-refractivity contribution in [3.63, 3.8) is 0 Å². The molecule has 258 valence electrons. The minimum atomic E-state index is -0.970. The largest absolute Gasteiger partial charge is 0.460 e. The van der Waals surface area contributed by atoms with E-state index in [2.05, 4.69) is 26.6 Å². The van der Waals surface area contributed by atoms with Crippen molar-refractivity contribution in [1.29, 1.82) is 0 Å². The van der Waals surface area contributed by atoms with Gasteiger partial charge >= 0.3 is 12.0 Å². The van der Waals surface area contributed by atoms with E-state index in [9.17, 15) is 28.8 Å². The lowest BCUT2D eigenvalue weighted by atomic mass is 9.97. The molecule has 0 saturated heterocycles. The Bertz CT molecular complexity index is 1160. The van der Waals surface area contributed by atoms with Crippen LogP contribution in [0.2, 0.25) is 0 Å². The van der Waals surface area contributed by atoms with Gasteiger partial charge in [0, 0.05) is 31.6 Å². The van der Waals surface area contributed by atoms with Crippen LogP contribution < -0.4 is 32.3 Å². The summed E-state index contributed by atoms with van der Waals surface area (Å²) in [4.78, 5) is 74.2. The normalized spacial score (nSPS) is 12.5. The van der Waals surface area contributed by atoms with Gasteiger partial charge in [-0.05, 0) is 76.0 Å². The molecule has 13 heteroatoms. The van der Waals surface area contributed by atoms with Crippen LogP contribution in [0.4, 0.5) is 10.5 Å². The average Bonchev–Trinajstić information content (AvgIpc) is 2.95. The van der Waals surface area contributed by atoms with E-state index in [0.29, 0.717) is 37.9 Å². The van der Waals surface area contributed by atoms with Gasteiger partial charge in [-0.2, -0.15) is 0 Å². The standard InChI is InChI=1S/C33H54N6O7/c1-21(2)19-27(41)35-17-9-8-12-26(40)39-28(22(3)4)30(43)38-25(11-10-18-36-32(34)45)29(42)37-24-15-13-23(14-16-24)20-46-31(44)33(5,6)7/h13-16,21-22,25,28H,8-12,17-20H2,1-7H3,(H,35,41)(H,37,42)(H,38,43)(H,39,40)(H3,34,36,45)/t25-,28?/m0/s1. The lowest BCUT2D eigenvalue weighted by Crippen LogP contribution is -2.54. The van der Waals surface area contributed by atoms with Gasteiger partial charge in [-0.15, -0.1) is 0 Å². The smallest absolute Gasteiger partial charge is 0.312 e. The minimum Gasteiger partial charge on any atom is -0.460 e. The van der Waals surface area contributed by atoms with Crippen LogP contribution in [0.1, 0.15) is 92.6 Å². The fourth-order valence-electron chi connectivity index (χ4n) is 4.19. The van der Waals surface area contributed by atoms with Crippen molar-refractivity contribution in [3.8, 4) is 0 Å². The van der Waals surface area contributed by atoms with Crippen molar-refractivity contribution in [2.75, 3.05) is 18.4 Å². The van der Waals surface area contributed by atoms with Crippen molar-refractivity contribution in [2.24, 2.45) is 23.0 Å². The van der Waals surface area contributed by atoms with Crippen molar-refractivity contribution in [2.45, 2.75) is 106 Å². The molecule has 0 aliphatic heterocycles. The molecule has 1 unspecified atom stereocenters. The van der Waals surface area contributed by atoms with E-state index < -0.39 is 35.3 Å². The van der Waals surface area contributed by atoms with E-state index >= 15 is 0 Å². The number of hydrogen-bond donors (Lipinski definition) is 6. The van der Waals surface area contributed by atoms with Crippen LogP contribution in [-0.4, -0.2) is 60.8 Å². The van der Waals surface area contributed by atoms with Crippen LogP contribution in [0.25, 0.3) is 0 Å². The topological polar surface area (TPSA) is 198 Å². The summed E-state index contributed by atoms with van der Waals surface area (Å²) in [5, 5.41) is 13.6. The van der Waals surface area contributed by atoms with Crippen molar-refractivity contribution < 1.29 is 33.5 Å². The lowest BCUT2D eigenvalue weighted by Gasteiger charge is -2.25. The van der Waals surface area contributed by atoms with Gasteiger partial charge < -0.3 is 37.1 Å². The molecule has 0 bridgehead atoms. The molecule has 0 fully saturated rings. The molecule has 0 spiro atoms. The third kappa shape index (κ3) is 16.8. The Morgan fingerprint density at radius 2 is 1.43 bits per heavy atom. The number of primary amides is 1. The van der Waals surface area contributed by atoms with E-state index in [1.165, 1.54) is 0 Å². The summed E-state index contributed by atoms with van der Waals surface area (Å²) in [7, 11) is 0. The van der Waals surface area contributed by atoms with Crippen LogP contribution in [0.3, 0.4) is 0 Å². The predicted molar refractivity (Wildman–Crippen MR) is 176 cm³/mol. The number of amides is 6. The quantitative estimate of drug-likeness (QED) is 0.0980. The van der Waals surface area contributed by atoms with Gasteiger partial charge in [0.2, 0.25) is 23.6 Å². The lowest BCUT2D eigenvalue weighted by molar-refractivity contribution is -0.154. The van der Waals surface area contributed by atoms with Gasteiger partial charge in [0.15, 0.2) is 0 Å². The van der Waals surface area contributed by atoms with Crippen LogP contribution in [0, 0.1) is 17.3 Å². The van der Waals surface area contributed by atoms with E-state index in [1.54, 1.807) is 58.9 Å². The summed E-state index contributed by atoms with van der Waals surface area (Å²) in [6.45, 7) is 13.6. The van der Waals surface area contributed by atoms with Crippen molar-refractivity contribution in [1.82, 2.24) is 21.3 Å². The van der Waals surface area contributed by atoms with Crippen LogP contribution >= 0.6 is 0 Å². The fourth-order valence-corrected chi connectivity index (χ4v) is 4.19. The highest BCUT2D eigenvalue weighted by Gasteiger charge is 2.29. The highest BCUT2D eigenvalue weighted by Crippen LogP contribution is 2.18. The molecule has 0 aliphatic rings. The third-order valence-electron chi connectivity index (χ3n) is 6.82. The number of esters is 1. The van der Waals surface area contributed by atoms with E-state index in [1.807, 2.05) is 13.8 Å². The minimum absolute atomic E-state index is 0.0177. The van der Waals surface area contributed by atoms with Gasteiger partial charge in [-0.25, -0.2) is 4.79 Å². The van der Waals surface area contributed by atoms with Gasteiger partial charge in [-0.3, -0.25) is 24.0 Å². The summed E-state index contributed by atoms with van der Waals surface area (Å²) >= 11 is 0. The summed E-state index contributed by atoms with van der Waals surface area (Å²) in [6, 6.07) is 4.23. The Balaban J connectivity index is 2.80. The maximum Gasteiger partial charge on any atom is 0.312 e. The van der Waals surface area contributed by atoms with E-state index in [4.69, 9.17) is 10.5 Å². The molecule has 1 aromatic rings. The zero-order valence-corrected chi connectivity index (χ0v) is 28.4. The van der Waals surface area contributed by atoms with Crippen LogP contribution in [-0.2, 0) is 35.3 Å². The predicted octanol–water partition coefficient (Wildman–Crippen LogP) is 3.12. The number of carbonyl (C=O) groups excluding carboxylic acids is 6. The Morgan fingerprint density at radius 3 is 2.00 bits per heavy atom. The third-order valence-corrected chi connectivity index (χ3v) is 6.82. The first-order valence-corrected chi connectivity index (χ1v) is 16.0. The van der Waals surface area contributed by atoms with E-state index in [0.717, 1.165) is 5.56 Å². The second-order valence-electron chi connectivity index (χ2n) is 13.2. The molecule has 7 N–H and O–H groups in total. The number of benzene rings is 1. The molecule has 0 radical (unpaired) electrons. The SMILES string of the molecule is CC(C)CC(=O)NCCCCC(=O)NC(C(=O)N[C@@H](CCCNC(N)=O)C(=O)Nc1ccc(COC(=O)C(C)(C)C)cc1)C(C)C. The number of hydrogen-bond acceptors (Lipinski definition) is 7. The molecule has 0 aromatic heterocycles. The number of nitrogens with two attached hydrogens (primary N) is 1. The maximum atomic E-state index is 13.3. The zero-order chi connectivity index (χ0) is 34.9. The van der Waals surface area contributed by atoms with Gasteiger partial charge in [0.1, 0.15) is 18.7 Å². The molecular weight excluding hydrogens is 592 g/mol. The first-order valence-electron chi connectivity index (χ1n) is 16.0.